The molecule has 4 heterocycles. The Kier molecular flexibility index (Phi) is 7.41. The summed E-state index contributed by atoms with van der Waals surface area (Å²) >= 11 is 0. The number of hydrogen-bond donors (Lipinski definition) is 1. The van der Waals surface area contributed by atoms with Crippen LogP contribution >= 0.6 is 0 Å². The zero-order valence-electron chi connectivity index (χ0n) is 20.4. The van der Waals surface area contributed by atoms with Crippen molar-refractivity contribution in [2.24, 2.45) is 0 Å². The summed E-state index contributed by atoms with van der Waals surface area (Å²) in [6, 6.07) is 8.69. The molecule has 208 valence electrons. The number of pyridine rings is 1. The maximum atomic E-state index is 14.9. The Labute approximate surface area is 219 Å². The highest BCUT2D eigenvalue weighted by Crippen LogP contribution is 2.28. The first kappa shape index (κ1) is 26.5. The average molecular weight is 552 g/mol. The summed E-state index contributed by atoms with van der Waals surface area (Å²) in [5.41, 5.74) is 0.897. The summed E-state index contributed by atoms with van der Waals surface area (Å²) < 4.78 is 68.4. The molecule has 3 aromatic rings. The van der Waals surface area contributed by atoms with Crippen LogP contribution in [0.25, 0.3) is 0 Å². The lowest BCUT2D eigenvalue weighted by atomic mass is 10.1. The molecule has 0 spiro atoms. The fraction of sp³-hybridized carbons (Fsp3) is 0.417. The molecule has 5 rings (SSSR count). The van der Waals surface area contributed by atoms with Crippen LogP contribution in [-0.4, -0.2) is 63.8 Å². The first-order chi connectivity index (χ1) is 18.6. The molecule has 0 radical (unpaired) electrons. The first-order valence-electron chi connectivity index (χ1n) is 12.1. The van der Waals surface area contributed by atoms with E-state index in [1.807, 2.05) is 11.0 Å². The molecule has 1 saturated heterocycles. The third-order valence-electron chi connectivity index (χ3n) is 6.30. The number of benzene rings is 1. The second kappa shape index (κ2) is 10.9. The molecule has 11 nitrogen and oxygen atoms in total. The molecule has 1 fully saturated rings. The van der Waals surface area contributed by atoms with Gasteiger partial charge in [0.2, 0.25) is 0 Å². The average Bonchev–Trinajstić information content (AvgIpc) is 3.33. The highest BCUT2D eigenvalue weighted by molar-refractivity contribution is 5.40. The summed E-state index contributed by atoms with van der Waals surface area (Å²) in [5.74, 6) is 0.235. The molecule has 0 aliphatic carbocycles. The summed E-state index contributed by atoms with van der Waals surface area (Å²) in [7, 11) is 0. The Morgan fingerprint density at radius 3 is 2.59 bits per heavy atom. The van der Waals surface area contributed by atoms with Crippen LogP contribution in [0.2, 0.25) is 0 Å². The Morgan fingerprint density at radius 1 is 1.15 bits per heavy atom. The van der Waals surface area contributed by atoms with Crippen LogP contribution in [0.3, 0.4) is 0 Å². The van der Waals surface area contributed by atoms with Crippen LogP contribution in [0.15, 0.2) is 48.8 Å². The van der Waals surface area contributed by atoms with E-state index in [0.29, 0.717) is 38.5 Å². The summed E-state index contributed by atoms with van der Waals surface area (Å²) in [6.07, 6.45) is -3.46. The zero-order chi connectivity index (χ0) is 27.6. The van der Waals surface area contributed by atoms with Crippen molar-refractivity contribution in [3.05, 3.63) is 64.5 Å². The Morgan fingerprint density at radius 2 is 1.92 bits per heavy atom. The van der Waals surface area contributed by atoms with Crippen LogP contribution in [0.1, 0.15) is 12.0 Å². The maximum Gasteiger partial charge on any atom is 0.573 e. The van der Waals surface area contributed by atoms with Crippen LogP contribution in [-0.2, 0) is 13.1 Å². The number of hydrogen-bond acceptors (Lipinski definition) is 9. The van der Waals surface area contributed by atoms with Crippen molar-refractivity contribution in [2.45, 2.75) is 44.2 Å². The van der Waals surface area contributed by atoms with E-state index in [1.165, 1.54) is 18.3 Å². The second-order valence-corrected chi connectivity index (χ2v) is 9.13. The summed E-state index contributed by atoms with van der Waals surface area (Å²) in [6.45, 7) is 1.83. The highest BCUT2D eigenvalue weighted by Gasteiger charge is 2.33. The standard InChI is InChI=1S/C24H24F4N6O5/c25-19-12-32(8-7-20(19)38-17-2-4-18(5-3-17)39-24(26,27)28)21-6-1-15(10-30-21)9-29-16-11-33-13-22(34(35)36)31-23(33)37-14-16/h1-6,10,13,16,19-20,29H,7-9,11-12,14H2/t16-,19?,20?/m0/s1. The minimum absolute atomic E-state index is 0.0588. The van der Waals surface area contributed by atoms with E-state index >= 15 is 0 Å². The van der Waals surface area contributed by atoms with Crippen molar-refractivity contribution in [2.75, 3.05) is 24.6 Å². The van der Waals surface area contributed by atoms with Crippen molar-refractivity contribution >= 4 is 11.6 Å². The van der Waals surface area contributed by atoms with E-state index in [-0.39, 0.29) is 35.9 Å². The largest absolute Gasteiger partial charge is 0.573 e. The molecule has 2 aliphatic rings. The Bertz CT molecular complexity index is 1290. The fourth-order valence-corrected chi connectivity index (χ4v) is 4.40. The van der Waals surface area contributed by atoms with Gasteiger partial charge in [0.1, 0.15) is 36.2 Å². The van der Waals surface area contributed by atoms with Crippen molar-refractivity contribution < 1.29 is 36.7 Å². The minimum Gasteiger partial charge on any atom is -0.487 e. The molecule has 1 aromatic carbocycles. The smallest absolute Gasteiger partial charge is 0.487 e. The summed E-state index contributed by atoms with van der Waals surface area (Å²) in [4.78, 5) is 20.4. The van der Waals surface area contributed by atoms with E-state index in [4.69, 9.17) is 9.47 Å². The van der Waals surface area contributed by atoms with Gasteiger partial charge in [-0.1, -0.05) is 6.07 Å². The lowest BCUT2D eigenvalue weighted by molar-refractivity contribution is -0.389. The van der Waals surface area contributed by atoms with Gasteiger partial charge < -0.3 is 34.5 Å². The van der Waals surface area contributed by atoms with Crippen molar-refractivity contribution in [3.63, 3.8) is 0 Å². The van der Waals surface area contributed by atoms with Crippen LogP contribution < -0.4 is 24.4 Å². The molecule has 2 unspecified atom stereocenters. The van der Waals surface area contributed by atoms with Crippen LogP contribution in [0.5, 0.6) is 17.5 Å². The molecule has 2 aliphatic heterocycles. The Hall–Kier alpha value is -4.14. The molecule has 39 heavy (non-hydrogen) atoms. The van der Waals surface area contributed by atoms with Gasteiger partial charge in [-0.25, -0.2) is 9.37 Å². The van der Waals surface area contributed by atoms with E-state index in [0.717, 1.165) is 17.7 Å². The third-order valence-corrected chi connectivity index (χ3v) is 6.30. The van der Waals surface area contributed by atoms with Gasteiger partial charge in [-0.05, 0) is 40.8 Å². The molecule has 2 aromatic heterocycles. The van der Waals surface area contributed by atoms with E-state index in [1.54, 1.807) is 16.8 Å². The van der Waals surface area contributed by atoms with E-state index in [2.05, 4.69) is 20.0 Å². The molecule has 0 bridgehead atoms. The number of piperidine rings is 1. The van der Waals surface area contributed by atoms with Crippen molar-refractivity contribution in [3.8, 4) is 17.5 Å². The lowest BCUT2D eigenvalue weighted by Gasteiger charge is -2.35. The number of ether oxygens (including phenoxy) is 3. The number of imidazole rings is 1. The molecule has 3 atom stereocenters. The highest BCUT2D eigenvalue weighted by atomic mass is 19.4. The molecular weight excluding hydrogens is 528 g/mol. The number of nitrogens with zero attached hydrogens (tertiary/aromatic N) is 5. The number of halogens is 4. The predicted molar refractivity (Wildman–Crippen MR) is 129 cm³/mol. The van der Waals surface area contributed by atoms with Gasteiger partial charge in [0.25, 0.3) is 0 Å². The van der Waals surface area contributed by atoms with Gasteiger partial charge in [-0.15, -0.1) is 13.2 Å². The number of nitro groups is 1. The van der Waals surface area contributed by atoms with Gasteiger partial charge in [-0.2, -0.15) is 0 Å². The third kappa shape index (κ3) is 6.66. The lowest BCUT2D eigenvalue weighted by Crippen LogP contribution is -2.47. The number of aromatic nitrogens is 3. The van der Waals surface area contributed by atoms with Gasteiger partial charge >= 0.3 is 18.2 Å². The van der Waals surface area contributed by atoms with E-state index in [9.17, 15) is 27.7 Å². The number of anilines is 1. The maximum absolute atomic E-state index is 14.9. The molecule has 1 N–H and O–H groups in total. The van der Waals surface area contributed by atoms with E-state index < -0.39 is 23.6 Å². The Balaban J connectivity index is 1.09. The van der Waals surface area contributed by atoms with Crippen molar-refractivity contribution in [1.82, 2.24) is 19.9 Å². The molecule has 0 saturated carbocycles. The van der Waals surface area contributed by atoms with Gasteiger partial charge in [0.05, 0.1) is 12.6 Å². The number of alkyl halides is 4. The van der Waals surface area contributed by atoms with Crippen LogP contribution in [0.4, 0.5) is 29.2 Å². The summed E-state index contributed by atoms with van der Waals surface area (Å²) in [5, 5.41) is 14.2. The predicted octanol–water partition coefficient (Wildman–Crippen LogP) is 3.63. The number of fused-ring (bicyclic) bond motifs is 1. The van der Waals surface area contributed by atoms with Gasteiger partial charge in [0, 0.05) is 37.2 Å². The number of nitrogens with one attached hydrogen (secondary N) is 1. The second-order valence-electron chi connectivity index (χ2n) is 9.13. The molecular formula is C24H24F4N6O5. The number of rotatable bonds is 8. The normalized spacial score (nSPS) is 21.1. The van der Waals surface area contributed by atoms with Gasteiger partial charge in [0.15, 0.2) is 6.17 Å². The van der Waals surface area contributed by atoms with Crippen molar-refractivity contribution in [1.29, 1.82) is 0 Å². The quantitative estimate of drug-likeness (QED) is 0.254. The van der Waals surface area contributed by atoms with Gasteiger partial charge in [-0.3, -0.25) is 4.57 Å². The fourth-order valence-electron chi connectivity index (χ4n) is 4.40. The SMILES string of the molecule is O=[N+]([O-])c1cn2c(n1)OC[C@@H](NCc1ccc(N3CCC(Oc4ccc(OC(F)(F)F)cc4)C(F)C3)nc1)C2. The minimum atomic E-state index is -4.79. The zero-order valence-corrected chi connectivity index (χ0v) is 20.4. The molecule has 0 amide bonds. The monoisotopic (exact) mass is 552 g/mol. The first-order valence-corrected chi connectivity index (χ1v) is 12.1. The topological polar surface area (TPSA) is 117 Å². The molecule has 15 heteroatoms. The van der Waals surface area contributed by atoms with Crippen LogP contribution in [0, 0.1) is 10.1 Å².